The Balaban J connectivity index is 3.27. The number of hydrogen-bond donors (Lipinski definition) is 1. The van der Waals surface area contributed by atoms with E-state index in [4.69, 9.17) is 4.74 Å². The number of hydrogen-bond acceptors (Lipinski definition) is 3. The van der Waals surface area contributed by atoms with Crippen molar-refractivity contribution in [2.45, 2.75) is 78.2 Å². The zero-order valence-electron chi connectivity index (χ0n) is 17.0. The fourth-order valence-electron chi connectivity index (χ4n) is 2.91. The Bertz CT molecular complexity index is 546. The number of aliphatic hydroxyl groups is 1. The maximum absolute atomic E-state index is 13.0. The van der Waals surface area contributed by atoms with E-state index in [1.54, 1.807) is 4.90 Å². The highest BCUT2D eigenvalue weighted by Crippen LogP contribution is 2.26. The van der Waals surface area contributed by atoms with E-state index in [-0.39, 0.29) is 17.7 Å². The van der Waals surface area contributed by atoms with Crippen LogP contribution in [0.5, 0.6) is 0 Å². The van der Waals surface area contributed by atoms with Gasteiger partial charge in [0.1, 0.15) is 5.60 Å². The Morgan fingerprint density at radius 1 is 1.16 bits per heavy atom. The van der Waals surface area contributed by atoms with Gasteiger partial charge in [-0.05, 0) is 32.3 Å². The number of nitrogens with zero attached hydrogens (tertiary/aromatic N) is 1. The molecule has 0 aromatic heterocycles. The summed E-state index contributed by atoms with van der Waals surface area (Å²) in [6.45, 7) is 16.6. The van der Waals surface area contributed by atoms with Gasteiger partial charge in [0.2, 0.25) is 0 Å². The van der Waals surface area contributed by atoms with Crippen molar-refractivity contribution in [3.05, 3.63) is 35.9 Å². The van der Waals surface area contributed by atoms with Gasteiger partial charge < -0.3 is 14.7 Å². The average Bonchev–Trinajstić information content (AvgIpc) is 2.44. The summed E-state index contributed by atoms with van der Waals surface area (Å²) in [5.41, 5.74) is 0.244. The smallest absolute Gasteiger partial charge is 0.410 e. The minimum Gasteiger partial charge on any atom is -0.444 e. The van der Waals surface area contributed by atoms with Crippen LogP contribution in [0.1, 0.15) is 40.2 Å². The second kappa shape index (κ2) is 8.36. The molecular formula is C20H35NO3Si. The second-order valence-electron chi connectivity index (χ2n) is 9.14. The molecule has 0 aliphatic heterocycles. The molecule has 1 amide bonds. The SMILES string of the molecule is CC(C)C(O)C(N(Cc1ccccc1)C(=O)OC(C)(C)C)[Si](C)(C)C. The minimum absolute atomic E-state index is 0.0671. The molecule has 142 valence electrons. The number of ether oxygens (including phenoxy) is 1. The molecule has 0 spiro atoms. The molecule has 0 aliphatic carbocycles. The summed E-state index contributed by atoms with van der Waals surface area (Å²) < 4.78 is 5.68. The van der Waals surface area contributed by atoms with Gasteiger partial charge in [0.25, 0.3) is 0 Å². The maximum atomic E-state index is 13.0. The molecule has 4 nitrogen and oxygen atoms in total. The Morgan fingerprint density at radius 2 is 1.68 bits per heavy atom. The van der Waals surface area contributed by atoms with Crippen molar-refractivity contribution in [2.75, 3.05) is 0 Å². The third-order valence-corrected chi connectivity index (χ3v) is 6.48. The van der Waals surface area contributed by atoms with Crippen LogP contribution in [-0.4, -0.2) is 41.5 Å². The third kappa shape index (κ3) is 6.82. The Kier molecular flexibility index (Phi) is 7.26. The van der Waals surface area contributed by atoms with Crippen LogP contribution in [0.4, 0.5) is 4.79 Å². The number of carbonyl (C=O) groups excluding carboxylic acids is 1. The Hall–Kier alpha value is -1.33. The summed E-state index contributed by atoms with van der Waals surface area (Å²) in [6.07, 6.45) is -0.939. The molecule has 0 saturated carbocycles. The van der Waals surface area contributed by atoms with Crippen LogP contribution < -0.4 is 0 Å². The average molecular weight is 366 g/mol. The highest BCUT2D eigenvalue weighted by Gasteiger charge is 2.42. The van der Waals surface area contributed by atoms with Crippen molar-refractivity contribution in [3.8, 4) is 0 Å². The highest BCUT2D eigenvalue weighted by atomic mass is 28.3. The molecule has 1 N–H and O–H groups in total. The first kappa shape index (κ1) is 21.7. The summed E-state index contributed by atoms with van der Waals surface area (Å²) in [6, 6.07) is 9.89. The van der Waals surface area contributed by atoms with Gasteiger partial charge in [0, 0.05) is 6.54 Å². The topological polar surface area (TPSA) is 49.8 Å². The summed E-state index contributed by atoms with van der Waals surface area (Å²) >= 11 is 0. The van der Waals surface area contributed by atoms with Crippen molar-refractivity contribution >= 4 is 14.2 Å². The van der Waals surface area contributed by atoms with E-state index in [1.807, 2.05) is 65.0 Å². The standard InChI is InChI=1S/C20H35NO3Si/c1-15(2)17(22)18(25(6,7)8)21(19(23)24-20(3,4)5)14-16-12-10-9-11-13-16/h9-13,15,17-18,22H,14H2,1-8H3. The highest BCUT2D eigenvalue weighted by molar-refractivity contribution is 6.78. The number of amides is 1. The predicted molar refractivity (Wildman–Crippen MR) is 106 cm³/mol. The van der Waals surface area contributed by atoms with E-state index in [2.05, 4.69) is 19.6 Å². The van der Waals surface area contributed by atoms with Gasteiger partial charge in [0.05, 0.1) is 19.8 Å². The lowest BCUT2D eigenvalue weighted by molar-refractivity contribution is -0.00306. The number of rotatable bonds is 6. The van der Waals surface area contributed by atoms with Crippen LogP contribution in [0, 0.1) is 5.92 Å². The monoisotopic (exact) mass is 365 g/mol. The molecule has 1 aromatic carbocycles. The van der Waals surface area contributed by atoms with Gasteiger partial charge in [-0.2, -0.15) is 0 Å². The molecule has 5 heteroatoms. The third-order valence-electron chi connectivity index (χ3n) is 4.05. The fraction of sp³-hybridized carbons (Fsp3) is 0.650. The lowest BCUT2D eigenvalue weighted by Gasteiger charge is -2.43. The number of aliphatic hydroxyl groups excluding tert-OH is 1. The summed E-state index contributed by atoms with van der Waals surface area (Å²) in [4.78, 5) is 14.7. The first-order valence-electron chi connectivity index (χ1n) is 9.04. The molecule has 0 aliphatic rings. The lowest BCUT2D eigenvalue weighted by Crippen LogP contribution is -2.60. The molecule has 0 heterocycles. The van der Waals surface area contributed by atoms with E-state index < -0.39 is 19.8 Å². The van der Waals surface area contributed by atoms with Gasteiger partial charge in [-0.1, -0.05) is 63.8 Å². The van der Waals surface area contributed by atoms with Crippen LogP contribution in [0.2, 0.25) is 19.6 Å². The molecule has 0 fully saturated rings. The summed E-state index contributed by atoms with van der Waals surface area (Å²) in [5.74, 6) is 0.0671. The van der Waals surface area contributed by atoms with E-state index in [0.717, 1.165) is 5.56 Å². The van der Waals surface area contributed by atoms with Crippen molar-refractivity contribution in [2.24, 2.45) is 5.92 Å². The summed E-state index contributed by atoms with van der Waals surface area (Å²) in [5, 5.41) is 10.9. The van der Waals surface area contributed by atoms with Crippen LogP contribution >= 0.6 is 0 Å². The van der Waals surface area contributed by atoms with Crippen LogP contribution in [0.25, 0.3) is 0 Å². The van der Waals surface area contributed by atoms with E-state index in [9.17, 15) is 9.90 Å². The molecule has 1 aromatic rings. The largest absolute Gasteiger partial charge is 0.444 e. The number of carbonyl (C=O) groups is 1. The molecule has 0 bridgehead atoms. The molecule has 0 saturated heterocycles. The summed E-state index contributed by atoms with van der Waals surface area (Å²) in [7, 11) is -1.89. The minimum atomic E-state index is -1.89. The first-order chi connectivity index (χ1) is 11.3. The molecular weight excluding hydrogens is 330 g/mol. The fourth-order valence-corrected chi connectivity index (χ4v) is 5.45. The lowest BCUT2D eigenvalue weighted by atomic mass is 10.1. The number of benzene rings is 1. The van der Waals surface area contributed by atoms with Crippen molar-refractivity contribution in [3.63, 3.8) is 0 Å². The zero-order chi connectivity index (χ0) is 19.4. The Labute approximate surface area is 154 Å². The van der Waals surface area contributed by atoms with E-state index in [1.165, 1.54) is 0 Å². The van der Waals surface area contributed by atoms with Gasteiger partial charge in [-0.15, -0.1) is 0 Å². The van der Waals surface area contributed by atoms with E-state index in [0.29, 0.717) is 6.54 Å². The van der Waals surface area contributed by atoms with Crippen LogP contribution in [-0.2, 0) is 11.3 Å². The predicted octanol–water partition coefficient (Wildman–Crippen LogP) is 4.69. The van der Waals surface area contributed by atoms with Crippen LogP contribution in [0.15, 0.2) is 30.3 Å². The molecule has 2 unspecified atom stereocenters. The van der Waals surface area contributed by atoms with Crippen molar-refractivity contribution in [1.82, 2.24) is 4.90 Å². The van der Waals surface area contributed by atoms with Gasteiger partial charge in [-0.3, -0.25) is 0 Å². The van der Waals surface area contributed by atoms with Gasteiger partial charge >= 0.3 is 6.09 Å². The second-order valence-corrected chi connectivity index (χ2v) is 14.5. The normalized spacial score (nSPS) is 15.0. The Morgan fingerprint density at radius 3 is 2.08 bits per heavy atom. The van der Waals surface area contributed by atoms with Crippen LogP contribution in [0.3, 0.4) is 0 Å². The molecule has 1 rings (SSSR count). The quantitative estimate of drug-likeness (QED) is 0.744. The molecule has 25 heavy (non-hydrogen) atoms. The van der Waals surface area contributed by atoms with Gasteiger partial charge in [0.15, 0.2) is 0 Å². The van der Waals surface area contributed by atoms with Crippen molar-refractivity contribution in [1.29, 1.82) is 0 Å². The zero-order valence-corrected chi connectivity index (χ0v) is 18.0. The molecule has 0 radical (unpaired) electrons. The molecule has 2 atom stereocenters. The van der Waals surface area contributed by atoms with E-state index >= 15 is 0 Å². The van der Waals surface area contributed by atoms with Gasteiger partial charge in [-0.25, -0.2) is 4.79 Å². The van der Waals surface area contributed by atoms with Crippen molar-refractivity contribution < 1.29 is 14.6 Å². The maximum Gasteiger partial charge on any atom is 0.410 e. The first-order valence-corrected chi connectivity index (χ1v) is 12.6.